The Labute approximate surface area is 111 Å². The van der Waals surface area contributed by atoms with Crippen molar-refractivity contribution in [3.63, 3.8) is 0 Å². The van der Waals surface area contributed by atoms with Crippen molar-refractivity contribution >= 4 is 27.9 Å². The molecule has 0 radical (unpaired) electrons. The van der Waals surface area contributed by atoms with Crippen LogP contribution in [-0.2, 0) is 19.1 Å². The van der Waals surface area contributed by atoms with Crippen molar-refractivity contribution in [2.24, 2.45) is 5.41 Å². The second kappa shape index (κ2) is 5.85. The first-order valence-electron chi connectivity index (χ1n) is 5.45. The molecule has 4 nitrogen and oxygen atoms in total. The molecule has 0 amide bonds. The van der Waals surface area contributed by atoms with Gasteiger partial charge in [-0.3, -0.25) is 9.59 Å². The number of halogens is 1. The van der Waals surface area contributed by atoms with Crippen molar-refractivity contribution in [1.82, 2.24) is 0 Å². The Hall–Kier alpha value is -0.580. The fourth-order valence-corrected chi connectivity index (χ4v) is 2.16. The molecule has 0 heterocycles. The zero-order valence-electron chi connectivity index (χ0n) is 11.3. The summed E-state index contributed by atoms with van der Waals surface area (Å²) in [5.41, 5.74) is -1.25. The number of hydrogen-bond donors (Lipinski definition) is 0. The molecule has 0 saturated carbocycles. The summed E-state index contributed by atoms with van der Waals surface area (Å²) >= 11 is 3.25. The maximum Gasteiger partial charge on any atom is 0.320 e. The Kier molecular flexibility index (Phi) is 5.65. The highest BCUT2D eigenvalue weighted by atomic mass is 79.9. The molecule has 1 atom stereocenters. The lowest BCUT2D eigenvalue weighted by Gasteiger charge is -2.26. The SMILES string of the molecule is COC(=O)C(C)(C)CC(Br)C(=O)OC(C)(C)C. The zero-order valence-corrected chi connectivity index (χ0v) is 12.9. The molecule has 17 heavy (non-hydrogen) atoms. The van der Waals surface area contributed by atoms with Crippen LogP contribution in [0.1, 0.15) is 41.0 Å². The molecule has 0 saturated heterocycles. The Balaban J connectivity index is 4.49. The van der Waals surface area contributed by atoms with Crippen molar-refractivity contribution in [2.45, 2.75) is 51.5 Å². The van der Waals surface area contributed by atoms with E-state index < -0.39 is 15.8 Å². The van der Waals surface area contributed by atoms with Crippen LogP contribution in [0, 0.1) is 5.41 Å². The van der Waals surface area contributed by atoms with Crippen LogP contribution in [0.25, 0.3) is 0 Å². The first kappa shape index (κ1) is 16.4. The molecular weight excluding hydrogens is 288 g/mol. The normalized spacial score (nSPS) is 14.1. The van der Waals surface area contributed by atoms with E-state index in [1.54, 1.807) is 34.6 Å². The van der Waals surface area contributed by atoms with Gasteiger partial charge in [0.15, 0.2) is 0 Å². The molecule has 0 aliphatic rings. The van der Waals surface area contributed by atoms with E-state index in [-0.39, 0.29) is 11.9 Å². The third-order valence-electron chi connectivity index (χ3n) is 2.09. The summed E-state index contributed by atoms with van der Waals surface area (Å²) in [4.78, 5) is 22.7. The van der Waals surface area contributed by atoms with Gasteiger partial charge in [-0.05, 0) is 41.0 Å². The van der Waals surface area contributed by atoms with Gasteiger partial charge in [-0.1, -0.05) is 15.9 Å². The maximum absolute atomic E-state index is 11.7. The molecule has 0 aromatic carbocycles. The topological polar surface area (TPSA) is 52.6 Å². The van der Waals surface area contributed by atoms with Gasteiger partial charge in [-0.2, -0.15) is 0 Å². The van der Waals surface area contributed by atoms with Gasteiger partial charge in [0.2, 0.25) is 0 Å². The number of ether oxygens (including phenoxy) is 2. The summed E-state index contributed by atoms with van der Waals surface area (Å²) in [6, 6.07) is 0. The van der Waals surface area contributed by atoms with Crippen molar-refractivity contribution in [1.29, 1.82) is 0 Å². The van der Waals surface area contributed by atoms with E-state index in [4.69, 9.17) is 4.74 Å². The summed E-state index contributed by atoms with van der Waals surface area (Å²) in [5, 5.41) is 0. The van der Waals surface area contributed by atoms with Gasteiger partial charge in [0.25, 0.3) is 0 Å². The third-order valence-corrected chi connectivity index (χ3v) is 2.79. The zero-order chi connectivity index (χ0) is 13.9. The number of rotatable bonds is 4. The minimum atomic E-state index is -0.722. The van der Waals surface area contributed by atoms with Gasteiger partial charge in [0.05, 0.1) is 12.5 Å². The average molecular weight is 309 g/mol. The average Bonchev–Trinajstić information content (AvgIpc) is 2.12. The molecule has 0 bridgehead atoms. The highest BCUT2D eigenvalue weighted by Crippen LogP contribution is 2.28. The maximum atomic E-state index is 11.7. The lowest BCUT2D eigenvalue weighted by Crippen LogP contribution is -2.35. The number of carbonyl (C=O) groups excluding carboxylic acids is 2. The van der Waals surface area contributed by atoms with Gasteiger partial charge in [0.1, 0.15) is 10.4 Å². The van der Waals surface area contributed by atoms with Crippen LogP contribution in [0.2, 0.25) is 0 Å². The van der Waals surface area contributed by atoms with Crippen LogP contribution in [0.5, 0.6) is 0 Å². The largest absolute Gasteiger partial charge is 0.469 e. The number of alkyl halides is 1. The molecule has 0 aromatic heterocycles. The lowest BCUT2D eigenvalue weighted by atomic mass is 9.88. The first-order chi connectivity index (χ1) is 7.49. The lowest BCUT2D eigenvalue weighted by molar-refractivity contribution is -0.156. The highest BCUT2D eigenvalue weighted by molar-refractivity contribution is 9.10. The van der Waals surface area contributed by atoms with Gasteiger partial charge in [-0.25, -0.2) is 0 Å². The molecular formula is C12H21BrO4. The molecule has 0 aromatic rings. The van der Waals surface area contributed by atoms with Crippen molar-refractivity contribution in [3.05, 3.63) is 0 Å². The van der Waals surface area contributed by atoms with E-state index >= 15 is 0 Å². The number of esters is 2. The molecule has 0 N–H and O–H groups in total. The minimum Gasteiger partial charge on any atom is -0.469 e. The van der Waals surface area contributed by atoms with E-state index in [0.29, 0.717) is 6.42 Å². The van der Waals surface area contributed by atoms with Crippen LogP contribution in [0.15, 0.2) is 0 Å². The number of carbonyl (C=O) groups is 2. The third kappa shape index (κ3) is 6.05. The van der Waals surface area contributed by atoms with Crippen LogP contribution in [0.3, 0.4) is 0 Å². The molecule has 0 fully saturated rings. The van der Waals surface area contributed by atoms with Crippen LogP contribution >= 0.6 is 15.9 Å². The van der Waals surface area contributed by atoms with Crippen LogP contribution < -0.4 is 0 Å². The molecule has 0 aliphatic carbocycles. The van der Waals surface area contributed by atoms with E-state index in [9.17, 15) is 9.59 Å². The Bertz CT molecular complexity index is 291. The molecule has 100 valence electrons. The second-order valence-electron chi connectivity index (χ2n) is 5.58. The minimum absolute atomic E-state index is 0.328. The quantitative estimate of drug-likeness (QED) is 0.592. The van der Waals surface area contributed by atoms with E-state index in [1.807, 2.05) is 0 Å². The fraction of sp³-hybridized carbons (Fsp3) is 0.833. The molecule has 5 heteroatoms. The van der Waals surface area contributed by atoms with E-state index in [2.05, 4.69) is 20.7 Å². The van der Waals surface area contributed by atoms with Crippen LogP contribution in [-0.4, -0.2) is 29.5 Å². The predicted molar refractivity (Wildman–Crippen MR) is 69.0 cm³/mol. The van der Waals surface area contributed by atoms with Gasteiger partial charge >= 0.3 is 11.9 Å². The standard InChI is InChI=1S/C12H21BrO4/c1-11(2,3)17-9(14)8(13)7-12(4,5)10(15)16-6/h8H,7H2,1-6H3. The number of methoxy groups -OCH3 is 1. The van der Waals surface area contributed by atoms with Gasteiger partial charge in [0, 0.05) is 0 Å². The second-order valence-corrected chi connectivity index (χ2v) is 6.69. The van der Waals surface area contributed by atoms with Crippen molar-refractivity contribution in [2.75, 3.05) is 7.11 Å². The molecule has 0 rings (SSSR count). The smallest absolute Gasteiger partial charge is 0.320 e. The summed E-state index contributed by atoms with van der Waals surface area (Å²) in [6.07, 6.45) is 0.328. The first-order valence-corrected chi connectivity index (χ1v) is 6.36. The fourth-order valence-electron chi connectivity index (χ4n) is 1.26. The Morgan fingerprint density at radius 3 is 2.00 bits per heavy atom. The van der Waals surface area contributed by atoms with Crippen molar-refractivity contribution < 1.29 is 19.1 Å². The van der Waals surface area contributed by atoms with E-state index in [0.717, 1.165) is 0 Å². The van der Waals surface area contributed by atoms with Gasteiger partial charge < -0.3 is 9.47 Å². The molecule has 0 spiro atoms. The van der Waals surface area contributed by atoms with Crippen LogP contribution in [0.4, 0.5) is 0 Å². The summed E-state index contributed by atoms with van der Waals surface area (Å²) < 4.78 is 9.91. The highest BCUT2D eigenvalue weighted by Gasteiger charge is 2.35. The monoisotopic (exact) mass is 308 g/mol. The molecule has 0 aliphatic heterocycles. The molecule has 1 unspecified atom stereocenters. The summed E-state index contributed by atoms with van der Waals surface area (Å²) in [7, 11) is 1.33. The summed E-state index contributed by atoms with van der Waals surface area (Å²) in [5.74, 6) is -0.708. The number of hydrogen-bond acceptors (Lipinski definition) is 4. The van der Waals surface area contributed by atoms with E-state index in [1.165, 1.54) is 7.11 Å². The van der Waals surface area contributed by atoms with Gasteiger partial charge in [-0.15, -0.1) is 0 Å². The Morgan fingerprint density at radius 1 is 1.18 bits per heavy atom. The Morgan fingerprint density at radius 2 is 1.65 bits per heavy atom. The summed E-state index contributed by atoms with van der Waals surface area (Å²) in [6.45, 7) is 8.87. The van der Waals surface area contributed by atoms with Crippen molar-refractivity contribution in [3.8, 4) is 0 Å². The predicted octanol–water partition coefficient (Wildman–Crippen LogP) is 2.68.